The minimum atomic E-state index is -3.01. The van der Waals surface area contributed by atoms with Gasteiger partial charge in [-0.25, -0.2) is 0 Å². The van der Waals surface area contributed by atoms with Gasteiger partial charge in [-0.1, -0.05) is 50.1 Å². The van der Waals surface area contributed by atoms with Crippen LogP contribution in [-0.2, 0) is 4.57 Å². The molecule has 0 fully saturated rings. The number of benzene rings is 1. The lowest BCUT2D eigenvalue weighted by Crippen LogP contribution is -2.24. The highest BCUT2D eigenvalue weighted by molar-refractivity contribution is 7.69. The Balaban J connectivity index is 2.44. The van der Waals surface area contributed by atoms with Crippen LogP contribution in [0.4, 0.5) is 0 Å². The molecule has 19 heavy (non-hydrogen) atoms. The first-order valence-electron chi connectivity index (χ1n) is 6.52. The van der Waals surface area contributed by atoms with Gasteiger partial charge in [-0.2, -0.15) is 4.76 Å². The summed E-state index contributed by atoms with van der Waals surface area (Å²) in [6.07, 6.45) is 2.61. The Bertz CT molecular complexity index is 566. The van der Waals surface area contributed by atoms with E-state index in [0.29, 0.717) is 10.5 Å². The van der Waals surface area contributed by atoms with Crippen molar-refractivity contribution in [2.24, 2.45) is 4.76 Å². The van der Waals surface area contributed by atoms with Gasteiger partial charge in [0.2, 0.25) is 0 Å². The maximum Gasteiger partial charge on any atom is 0.309 e. The number of nitrogens with one attached hydrogen (secondary N) is 1. The second-order valence-corrected chi connectivity index (χ2v) is 6.92. The molecule has 3 nitrogen and oxygen atoms in total. The first kappa shape index (κ1) is 14.4. The lowest BCUT2D eigenvalue weighted by molar-refractivity contribution is 0.575. The SMILES string of the molecule is CCCC1=C(CC)C(Cl)=NP(=O)(c2ccccc2)N1. The van der Waals surface area contributed by atoms with Gasteiger partial charge in [-0.05, 0) is 25.0 Å². The van der Waals surface area contributed by atoms with Crippen molar-refractivity contribution in [2.75, 3.05) is 0 Å². The summed E-state index contributed by atoms with van der Waals surface area (Å²) in [5.41, 5.74) is 1.95. The molecule has 1 aromatic rings. The monoisotopic (exact) mass is 296 g/mol. The van der Waals surface area contributed by atoms with Crippen molar-refractivity contribution >= 4 is 29.5 Å². The molecule has 0 saturated carbocycles. The second kappa shape index (κ2) is 5.94. The maximum absolute atomic E-state index is 13.0. The van der Waals surface area contributed by atoms with E-state index in [0.717, 1.165) is 30.5 Å². The summed E-state index contributed by atoms with van der Waals surface area (Å²) in [5.74, 6) is 0. The zero-order valence-corrected chi connectivity index (χ0v) is 12.8. The fourth-order valence-electron chi connectivity index (χ4n) is 2.15. The number of halogens is 1. The highest BCUT2D eigenvalue weighted by Gasteiger charge is 2.31. The first-order chi connectivity index (χ1) is 9.10. The molecule has 102 valence electrons. The summed E-state index contributed by atoms with van der Waals surface area (Å²) in [4.78, 5) is 0. The number of rotatable bonds is 4. The van der Waals surface area contributed by atoms with Gasteiger partial charge in [-0.15, -0.1) is 0 Å². The van der Waals surface area contributed by atoms with Gasteiger partial charge in [0, 0.05) is 11.3 Å². The van der Waals surface area contributed by atoms with Crippen LogP contribution in [0.25, 0.3) is 0 Å². The van der Waals surface area contributed by atoms with Crippen LogP contribution in [0.3, 0.4) is 0 Å². The Morgan fingerprint density at radius 3 is 2.53 bits per heavy atom. The molecule has 1 heterocycles. The third kappa shape index (κ3) is 2.93. The maximum atomic E-state index is 13.0. The minimum Gasteiger partial charge on any atom is -0.319 e. The highest BCUT2D eigenvalue weighted by atomic mass is 35.5. The van der Waals surface area contributed by atoms with E-state index in [9.17, 15) is 4.57 Å². The van der Waals surface area contributed by atoms with Crippen molar-refractivity contribution < 1.29 is 4.57 Å². The van der Waals surface area contributed by atoms with Gasteiger partial charge in [0.1, 0.15) is 5.17 Å². The molecule has 1 aromatic carbocycles. The fourth-order valence-corrected chi connectivity index (χ4v) is 4.57. The van der Waals surface area contributed by atoms with Crippen molar-refractivity contribution in [3.63, 3.8) is 0 Å². The van der Waals surface area contributed by atoms with Crippen LogP contribution in [0.15, 0.2) is 46.4 Å². The van der Waals surface area contributed by atoms with E-state index in [-0.39, 0.29) is 0 Å². The molecule has 5 heteroatoms. The number of hydrogen-bond donors (Lipinski definition) is 1. The van der Waals surface area contributed by atoms with Crippen LogP contribution in [0, 0.1) is 0 Å². The molecule has 1 unspecified atom stereocenters. The van der Waals surface area contributed by atoms with Crippen molar-refractivity contribution in [3.8, 4) is 0 Å². The standard InChI is InChI=1S/C14H18ClN2OP/c1-3-8-13-12(4-2)14(15)17-19(18,16-13)11-9-6-5-7-10-11/h5-7,9-10H,3-4,8H2,1-2H3,(H,16,17,18). The summed E-state index contributed by atoms with van der Waals surface area (Å²) in [7, 11) is -3.01. The zero-order chi connectivity index (χ0) is 13.9. The molecule has 0 radical (unpaired) electrons. The second-order valence-electron chi connectivity index (χ2n) is 4.47. The minimum absolute atomic E-state index is 0.386. The van der Waals surface area contributed by atoms with E-state index in [2.05, 4.69) is 16.8 Å². The number of hydrogen-bond acceptors (Lipinski definition) is 1. The van der Waals surface area contributed by atoms with Crippen LogP contribution in [0.2, 0.25) is 0 Å². The van der Waals surface area contributed by atoms with Gasteiger partial charge >= 0.3 is 7.44 Å². The smallest absolute Gasteiger partial charge is 0.309 e. The Morgan fingerprint density at radius 1 is 1.26 bits per heavy atom. The third-order valence-electron chi connectivity index (χ3n) is 3.09. The Kier molecular flexibility index (Phi) is 4.49. The number of allylic oxidation sites excluding steroid dienone is 2. The van der Waals surface area contributed by atoms with Crippen LogP contribution < -0.4 is 10.4 Å². The van der Waals surface area contributed by atoms with Crippen LogP contribution in [0.5, 0.6) is 0 Å². The van der Waals surface area contributed by atoms with Crippen molar-refractivity contribution in [2.45, 2.75) is 33.1 Å². The average Bonchev–Trinajstić information content (AvgIpc) is 2.40. The molecule has 1 aliphatic rings. The van der Waals surface area contributed by atoms with Crippen molar-refractivity contribution in [3.05, 3.63) is 41.6 Å². The normalized spacial score (nSPS) is 23.0. The summed E-state index contributed by atoms with van der Waals surface area (Å²) >= 11 is 6.23. The predicted octanol–water partition coefficient (Wildman–Crippen LogP) is 4.21. The molecule has 0 aromatic heterocycles. The van der Waals surface area contributed by atoms with Crippen molar-refractivity contribution in [1.82, 2.24) is 5.09 Å². The van der Waals surface area contributed by atoms with Crippen LogP contribution in [-0.4, -0.2) is 5.17 Å². The molecule has 1 atom stereocenters. The number of nitrogens with zero attached hydrogens (tertiary/aromatic N) is 1. The molecule has 0 bridgehead atoms. The largest absolute Gasteiger partial charge is 0.319 e. The third-order valence-corrected chi connectivity index (χ3v) is 5.57. The van der Waals surface area contributed by atoms with Crippen LogP contribution >= 0.6 is 19.0 Å². The summed E-state index contributed by atoms with van der Waals surface area (Å²) in [6, 6.07) is 9.26. The van der Waals surface area contributed by atoms with E-state index < -0.39 is 7.44 Å². The molecule has 0 aliphatic carbocycles. The van der Waals surface area contributed by atoms with E-state index in [1.807, 2.05) is 37.3 Å². The fraction of sp³-hybridized carbons (Fsp3) is 0.357. The van der Waals surface area contributed by atoms with Crippen molar-refractivity contribution in [1.29, 1.82) is 0 Å². The lowest BCUT2D eigenvalue weighted by Gasteiger charge is -2.26. The van der Waals surface area contributed by atoms with E-state index in [1.165, 1.54) is 0 Å². The Labute approximate surface area is 119 Å². The lowest BCUT2D eigenvalue weighted by atomic mass is 10.1. The topological polar surface area (TPSA) is 41.5 Å². The van der Waals surface area contributed by atoms with Gasteiger partial charge in [0.25, 0.3) is 0 Å². The summed E-state index contributed by atoms with van der Waals surface area (Å²) in [5, 5.41) is 4.22. The predicted molar refractivity (Wildman–Crippen MR) is 82.3 cm³/mol. The highest BCUT2D eigenvalue weighted by Crippen LogP contribution is 2.47. The van der Waals surface area contributed by atoms with Gasteiger partial charge in [0.15, 0.2) is 0 Å². The molecule has 2 rings (SSSR count). The van der Waals surface area contributed by atoms with Gasteiger partial charge in [0.05, 0.1) is 5.30 Å². The summed E-state index contributed by atoms with van der Waals surface area (Å²) in [6.45, 7) is 4.12. The van der Waals surface area contributed by atoms with E-state index >= 15 is 0 Å². The Morgan fingerprint density at radius 2 is 1.95 bits per heavy atom. The van der Waals surface area contributed by atoms with E-state index in [4.69, 9.17) is 11.6 Å². The first-order valence-corrected chi connectivity index (χ1v) is 8.56. The quantitative estimate of drug-likeness (QED) is 0.846. The van der Waals surface area contributed by atoms with Gasteiger partial charge in [-0.3, -0.25) is 4.57 Å². The molecule has 1 aliphatic heterocycles. The molecule has 0 saturated heterocycles. The molecular weight excluding hydrogens is 279 g/mol. The van der Waals surface area contributed by atoms with E-state index in [1.54, 1.807) is 0 Å². The summed E-state index contributed by atoms with van der Waals surface area (Å²) < 4.78 is 17.2. The average molecular weight is 297 g/mol. The Hall–Kier alpha value is -1.05. The van der Waals surface area contributed by atoms with Crippen LogP contribution in [0.1, 0.15) is 33.1 Å². The molecular formula is C14H18ClN2OP. The zero-order valence-electron chi connectivity index (χ0n) is 11.2. The molecule has 0 amide bonds. The van der Waals surface area contributed by atoms with Gasteiger partial charge < -0.3 is 5.09 Å². The molecule has 0 spiro atoms. The molecule has 1 N–H and O–H groups in total.